The highest BCUT2D eigenvalue weighted by molar-refractivity contribution is 7.66. The summed E-state index contributed by atoms with van der Waals surface area (Å²) in [5.74, 6) is 0.173. The smallest absolute Gasteiger partial charge is 0.389 e. The van der Waals surface area contributed by atoms with Crippen LogP contribution < -0.4 is 5.73 Å². The van der Waals surface area contributed by atoms with Gasteiger partial charge in [0.1, 0.15) is 42.8 Å². The predicted octanol–water partition coefficient (Wildman–Crippen LogP) is -0.101. The first-order valence-electron chi connectivity index (χ1n) is 8.29. The molecule has 3 rings (SSSR count). The van der Waals surface area contributed by atoms with Crippen LogP contribution >= 0.6 is 23.5 Å². The minimum atomic E-state index is -5.74. The molecule has 176 valence electrons. The summed E-state index contributed by atoms with van der Waals surface area (Å²) in [7, 11) is -16.8. The van der Waals surface area contributed by atoms with Crippen LogP contribution in [0.4, 0.5) is 5.82 Å². The van der Waals surface area contributed by atoms with Gasteiger partial charge in [0.2, 0.25) is 5.60 Å². The molecular formula is C12H16N5O12P3. The average Bonchev–Trinajstić information content (AvgIpc) is 3.19. The first kappa shape index (κ1) is 24.9. The van der Waals surface area contributed by atoms with Crippen molar-refractivity contribution in [2.45, 2.75) is 24.4 Å². The maximum absolute atomic E-state index is 11.9. The number of fused-ring (bicyclic) bond motifs is 1. The molecule has 2 aromatic rings. The second-order valence-corrected chi connectivity index (χ2v) is 10.8. The molecule has 3 heterocycles. The van der Waals surface area contributed by atoms with Crippen LogP contribution in [0.5, 0.6) is 0 Å². The predicted molar refractivity (Wildman–Crippen MR) is 101 cm³/mol. The van der Waals surface area contributed by atoms with Crippen molar-refractivity contribution in [3.63, 3.8) is 0 Å². The van der Waals surface area contributed by atoms with Crippen LogP contribution in [0.3, 0.4) is 0 Å². The fourth-order valence-electron chi connectivity index (χ4n) is 2.89. The summed E-state index contributed by atoms with van der Waals surface area (Å²) in [6.07, 6.45) is -0.0709. The highest BCUT2D eigenvalue weighted by Gasteiger charge is 2.52. The van der Waals surface area contributed by atoms with Crippen LogP contribution in [0.15, 0.2) is 18.6 Å². The van der Waals surface area contributed by atoms with Gasteiger partial charge in [-0.3, -0.25) is 4.52 Å². The van der Waals surface area contributed by atoms with Crippen LogP contribution in [0.1, 0.15) is 12.6 Å². The molecular weight excluding hydrogens is 499 g/mol. The Morgan fingerprint density at radius 2 is 1.94 bits per heavy atom. The van der Waals surface area contributed by atoms with Gasteiger partial charge in [0.05, 0.1) is 5.39 Å². The molecule has 2 aromatic heterocycles. The molecule has 7 N–H and O–H groups in total. The Bertz CT molecular complexity index is 1210. The molecule has 1 aliphatic rings. The summed E-state index contributed by atoms with van der Waals surface area (Å²) in [4.78, 5) is 43.7. The number of ether oxygens (including phenoxy) is 1. The summed E-state index contributed by atoms with van der Waals surface area (Å²) >= 11 is 0. The molecule has 17 nitrogen and oxygen atoms in total. The van der Waals surface area contributed by atoms with E-state index < -0.39 is 48.0 Å². The highest BCUT2D eigenvalue weighted by Crippen LogP contribution is 2.66. The number of anilines is 1. The minimum Gasteiger partial charge on any atom is -0.389 e. The van der Waals surface area contributed by atoms with Gasteiger partial charge >= 0.3 is 23.5 Å². The van der Waals surface area contributed by atoms with E-state index in [4.69, 9.17) is 20.3 Å². The molecule has 0 saturated carbocycles. The summed E-state index contributed by atoms with van der Waals surface area (Å²) in [5.41, 5.74) is 3.84. The zero-order valence-electron chi connectivity index (χ0n) is 15.6. The fourth-order valence-corrected chi connectivity index (χ4v) is 5.94. The van der Waals surface area contributed by atoms with Gasteiger partial charge in [0, 0.05) is 12.6 Å². The lowest BCUT2D eigenvalue weighted by atomic mass is 10.00. The number of nitrogens with two attached hydrogens (primary N) is 1. The zero-order chi connectivity index (χ0) is 23.9. The van der Waals surface area contributed by atoms with E-state index in [9.17, 15) is 33.9 Å². The number of aromatic nitrogens is 3. The van der Waals surface area contributed by atoms with Crippen molar-refractivity contribution < 1.29 is 56.3 Å². The van der Waals surface area contributed by atoms with Crippen molar-refractivity contribution in [2.75, 3.05) is 12.3 Å². The lowest BCUT2D eigenvalue weighted by Gasteiger charge is -2.25. The highest BCUT2D eigenvalue weighted by atomic mass is 31.3. The third-order valence-corrected chi connectivity index (χ3v) is 7.99. The molecule has 0 bridgehead atoms. The number of nitrogens with zero attached hydrogens (tertiary/aromatic N) is 4. The first-order chi connectivity index (χ1) is 14.7. The summed E-state index contributed by atoms with van der Waals surface area (Å²) in [6, 6.07) is 3.18. The monoisotopic (exact) mass is 515 g/mol. The van der Waals surface area contributed by atoms with E-state index in [-0.39, 0.29) is 12.2 Å². The molecule has 5 atom stereocenters. The zero-order valence-corrected chi connectivity index (χ0v) is 18.3. The number of nitriles is 1. The Hall–Kier alpha value is -1.76. The Balaban J connectivity index is 1.76. The first-order valence-corrected chi connectivity index (χ1v) is 12.8. The second kappa shape index (κ2) is 8.54. The van der Waals surface area contributed by atoms with E-state index in [0.29, 0.717) is 11.0 Å². The Kier molecular flexibility index (Phi) is 6.64. The molecule has 0 amide bonds. The van der Waals surface area contributed by atoms with Crippen LogP contribution in [-0.2, 0) is 31.6 Å². The van der Waals surface area contributed by atoms with E-state index in [1.165, 1.54) is 17.1 Å². The number of hydrogen-bond acceptors (Lipinski definition) is 12. The van der Waals surface area contributed by atoms with E-state index in [0.717, 1.165) is 0 Å². The van der Waals surface area contributed by atoms with E-state index in [2.05, 4.69) is 23.1 Å². The number of rotatable bonds is 8. The normalized spacial score (nSPS) is 27.6. The largest absolute Gasteiger partial charge is 0.490 e. The van der Waals surface area contributed by atoms with Crippen molar-refractivity contribution in [3.05, 3.63) is 18.6 Å². The van der Waals surface area contributed by atoms with Crippen molar-refractivity contribution in [2.24, 2.45) is 0 Å². The number of phosphoric acid groups is 3. The maximum atomic E-state index is 11.9. The lowest BCUT2D eigenvalue weighted by molar-refractivity contribution is -0.0886. The van der Waals surface area contributed by atoms with Crippen molar-refractivity contribution in [3.8, 4) is 6.07 Å². The van der Waals surface area contributed by atoms with E-state index in [1.807, 2.05) is 0 Å². The summed E-state index contributed by atoms with van der Waals surface area (Å²) in [5, 5.41) is 20.4. The van der Waals surface area contributed by atoms with Gasteiger partial charge in [-0.05, 0) is 6.07 Å². The molecule has 0 radical (unpaired) electrons. The van der Waals surface area contributed by atoms with Gasteiger partial charge in [-0.15, -0.1) is 0 Å². The third kappa shape index (κ3) is 5.41. The van der Waals surface area contributed by atoms with E-state index >= 15 is 0 Å². The van der Waals surface area contributed by atoms with Gasteiger partial charge in [0.25, 0.3) is 0 Å². The van der Waals surface area contributed by atoms with Crippen molar-refractivity contribution in [1.29, 1.82) is 5.26 Å². The van der Waals surface area contributed by atoms with E-state index in [1.54, 1.807) is 12.1 Å². The average molecular weight is 515 g/mol. The quantitative estimate of drug-likeness (QED) is 0.250. The topological polar surface area (TPSA) is 270 Å². The molecule has 0 aromatic carbocycles. The number of nitrogen functional groups attached to an aromatic ring is 1. The minimum absolute atomic E-state index is 0.173. The molecule has 20 heteroatoms. The number of phosphoric ester groups is 1. The van der Waals surface area contributed by atoms with Gasteiger partial charge < -0.3 is 39.7 Å². The molecule has 0 spiro atoms. The van der Waals surface area contributed by atoms with Crippen LogP contribution in [0.2, 0.25) is 0 Å². The van der Waals surface area contributed by atoms with Gasteiger partial charge in [-0.25, -0.2) is 23.7 Å². The fraction of sp³-hybridized carbons (Fsp3) is 0.417. The van der Waals surface area contributed by atoms with Gasteiger partial charge in [-0.2, -0.15) is 13.9 Å². The number of hydrogen-bond donors (Lipinski definition) is 6. The van der Waals surface area contributed by atoms with Gasteiger partial charge in [0.15, 0.2) is 0 Å². The summed E-state index contributed by atoms with van der Waals surface area (Å²) < 4.78 is 52.6. The SMILES string of the molecule is N#C[C@]1(COP(=O)(O)OP(=O)(O)OP(=O)(O)O)OC(n2ccc3c(N)ncnc32)CC1O. The maximum Gasteiger partial charge on any atom is 0.490 e. The Labute approximate surface area is 178 Å². The number of aliphatic hydroxyl groups excluding tert-OH is 1. The second-order valence-electron chi connectivity index (χ2n) is 6.41. The Morgan fingerprint density at radius 1 is 1.25 bits per heavy atom. The van der Waals surface area contributed by atoms with Crippen LogP contribution in [0, 0.1) is 11.3 Å². The Morgan fingerprint density at radius 3 is 2.56 bits per heavy atom. The van der Waals surface area contributed by atoms with Crippen LogP contribution in [-0.4, -0.2) is 57.5 Å². The molecule has 1 fully saturated rings. The standard InChI is InChI=1S/C12H16N5O12P3/c13-4-12(5-26-31(22,23)29-32(24,25)28-30(19,20)21)8(18)3-9(27-12)17-2-1-7-10(14)15-6-16-11(7)17/h1-2,6,8-9,18H,3,5H2,(H,22,23)(H,24,25)(H2,14,15,16)(H2,19,20,21)/t8?,9?,12-/m1/s1. The van der Waals surface area contributed by atoms with Crippen molar-refractivity contribution >= 4 is 40.3 Å². The number of aliphatic hydroxyl groups is 1. The molecule has 1 aliphatic heterocycles. The summed E-state index contributed by atoms with van der Waals surface area (Å²) in [6.45, 7) is -1.14. The molecule has 32 heavy (non-hydrogen) atoms. The lowest BCUT2D eigenvalue weighted by Crippen LogP contribution is -2.42. The molecule has 1 saturated heterocycles. The van der Waals surface area contributed by atoms with Gasteiger partial charge in [-0.1, -0.05) is 0 Å². The molecule has 0 aliphatic carbocycles. The van der Waals surface area contributed by atoms with Crippen LogP contribution in [0.25, 0.3) is 11.0 Å². The third-order valence-electron chi connectivity index (χ3n) is 4.21. The van der Waals surface area contributed by atoms with Crippen molar-refractivity contribution in [1.82, 2.24) is 14.5 Å². The molecule has 4 unspecified atom stereocenters.